The maximum Gasteiger partial charge on any atom is 0.219 e. The molecule has 0 unspecified atom stereocenters. The maximum absolute atomic E-state index is 5.79. The van der Waals surface area contributed by atoms with Gasteiger partial charge in [0.05, 0.1) is 0 Å². The molecule has 0 N–H and O–H groups in total. The molecule has 2 nitrogen and oxygen atoms in total. The van der Waals surface area contributed by atoms with E-state index in [-0.39, 0.29) is 0 Å². The van der Waals surface area contributed by atoms with Crippen LogP contribution in [0.25, 0.3) is 0 Å². The predicted octanol–water partition coefficient (Wildman–Crippen LogP) is 4.23. The van der Waals surface area contributed by atoms with E-state index < -0.39 is 0 Å². The van der Waals surface area contributed by atoms with Gasteiger partial charge in [-0.3, -0.25) is 0 Å². The highest BCUT2D eigenvalue weighted by Crippen LogP contribution is 2.24. The summed E-state index contributed by atoms with van der Waals surface area (Å²) in [7, 11) is 0. The van der Waals surface area contributed by atoms with Crippen LogP contribution in [0.5, 0.6) is 11.6 Å². The van der Waals surface area contributed by atoms with Gasteiger partial charge in [-0.05, 0) is 31.0 Å². The normalized spacial score (nSPS) is 10.3. The van der Waals surface area contributed by atoms with Gasteiger partial charge in [0.25, 0.3) is 0 Å². The van der Waals surface area contributed by atoms with Crippen LogP contribution in [-0.2, 0) is 5.88 Å². The number of rotatable bonds is 3. The molecule has 0 atom stereocenters. The molecule has 0 aliphatic carbocycles. The van der Waals surface area contributed by atoms with Gasteiger partial charge in [0, 0.05) is 17.6 Å². The third-order valence-electron chi connectivity index (χ3n) is 2.62. The summed E-state index contributed by atoms with van der Waals surface area (Å²) in [5.41, 5.74) is 3.03. The smallest absolute Gasteiger partial charge is 0.219 e. The summed E-state index contributed by atoms with van der Waals surface area (Å²) >= 11 is 5.79. The molecule has 2 aromatic rings. The number of aryl methyl sites for hydroxylation is 2. The molecule has 88 valence electrons. The van der Waals surface area contributed by atoms with Crippen LogP contribution in [0.1, 0.15) is 16.8 Å². The SMILES string of the molecule is Cc1ccccc1Oc1ccc(CCl)c(C)n1. The number of halogens is 1. The third kappa shape index (κ3) is 2.77. The zero-order valence-corrected chi connectivity index (χ0v) is 10.7. The Balaban J connectivity index is 2.25. The standard InChI is InChI=1S/C14H14ClNO/c1-10-5-3-4-6-13(10)17-14-8-7-12(9-15)11(2)16-14/h3-8H,9H2,1-2H3. The molecule has 0 saturated heterocycles. The maximum atomic E-state index is 5.79. The van der Waals surface area contributed by atoms with E-state index in [2.05, 4.69) is 4.98 Å². The molecular weight excluding hydrogens is 234 g/mol. The van der Waals surface area contributed by atoms with Crippen LogP contribution < -0.4 is 4.74 Å². The van der Waals surface area contributed by atoms with Gasteiger partial charge in [0.15, 0.2) is 0 Å². The van der Waals surface area contributed by atoms with Gasteiger partial charge in [-0.25, -0.2) is 4.98 Å². The summed E-state index contributed by atoms with van der Waals surface area (Å²) in [6, 6.07) is 11.7. The molecule has 1 aromatic heterocycles. The fourth-order valence-electron chi connectivity index (χ4n) is 1.55. The molecule has 0 aliphatic heterocycles. The highest BCUT2D eigenvalue weighted by Gasteiger charge is 2.04. The monoisotopic (exact) mass is 247 g/mol. The number of ether oxygens (including phenoxy) is 1. The Morgan fingerprint density at radius 2 is 1.88 bits per heavy atom. The zero-order valence-electron chi connectivity index (χ0n) is 9.90. The van der Waals surface area contributed by atoms with Crippen molar-refractivity contribution in [3.63, 3.8) is 0 Å². The van der Waals surface area contributed by atoms with Gasteiger partial charge < -0.3 is 4.74 Å². The molecule has 1 aromatic carbocycles. The van der Waals surface area contributed by atoms with Crippen molar-refractivity contribution in [1.82, 2.24) is 4.98 Å². The minimum atomic E-state index is 0.476. The summed E-state index contributed by atoms with van der Waals surface area (Å²) in [5, 5.41) is 0. The Morgan fingerprint density at radius 3 is 2.53 bits per heavy atom. The number of aromatic nitrogens is 1. The molecule has 0 bridgehead atoms. The average molecular weight is 248 g/mol. The first-order valence-electron chi connectivity index (χ1n) is 5.46. The van der Waals surface area contributed by atoms with Crippen LogP contribution in [0.15, 0.2) is 36.4 Å². The lowest BCUT2D eigenvalue weighted by Crippen LogP contribution is -1.94. The molecule has 0 aliphatic rings. The van der Waals surface area contributed by atoms with Gasteiger partial charge in [0.2, 0.25) is 5.88 Å². The van der Waals surface area contributed by atoms with E-state index in [4.69, 9.17) is 16.3 Å². The molecule has 3 heteroatoms. The van der Waals surface area contributed by atoms with E-state index in [1.807, 2.05) is 50.2 Å². The molecule has 17 heavy (non-hydrogen) atoms. The van der Waals surface area contributed by atoms with E-state index in [1.165, 1.54) is 0 Å². The van der Waals surface area contributed by atoms with Gasteiger partial charge in [-0.2, -0.15) is 0 Å². The number of benzene rings is 1. The number of hydrogen-bond acceptors (Lipinski definition) is 2. The summed E-state index contributed by atoms with van der Waals surface area (Å²) in [6.07, 6.45) is 0. The Hall–Kier alpha value is -1.54. The second-order valence-electron chi connectivity index (χ2n) is 3.90. The summed E-state index contributed by atoms with van der Waals surface area (Å²) in [4.78, 5) is 4.37. The van der Waals surface area contributed by atoms with E-state index in [0.717, 1.165) is 22.6 Å². The minimum absolute atomic E-state index is 0.476. The molecule has 0 radical (unpaired) electrons. The predicted molar refractivity (Wildman–Crippen MR) is 69.8 cm³/mol. The summed E-state index contributed by atoms with van der Waals surface area (Å²) in [5.74, 6) is 1.91. The van der Waals surface area contributed by atoms with Crippen LogP contribution in [-0.4, -0.2) is 4.98 Å². The van der Waals surface area contributed by atoms with E-state index in [0.29, 0.717) is 11.8 Å². The van der Waals surface area contributed by atoms with Crippen LogP contribution in [0.4, 0.5) is 0 Å². The van der Waals surface area contributed by atoms with Crippen molar-refractivity contribution < 1.29 is 4.74 Å². The topological polar surface area (TPSA) is 22.1 Å². The van der Waals surface area contributed by atoms with Crippen molar-refractivity contribution in [1.29, 1.82) is 0 Å². The number of alkyl halides is 1. The van der Waals surface area contributed by atoms with Crippen molar-refractivity contribution >= 4 is 11.6 Å². The Morgan fingerprint density at radius 1 is 1.12 bits per heavy atom. The zero-order chi connectivity index (χ0) is 12.3. The highest BCUT2D eigenvalue weighted by molar-refractivity contribution is 6.17. The first-order chi connectivity index (χ1) is 8.20. The van der Waals surface area contributed by atoms with Crippen LogP contribution >= 0.6 is 11.6 Å². The molecule has 0 spiro atoms. The largest absolute Gasteiger partial charge is 0.439 e. The van der Waals surface area contributed by atoms with Crippen molar-refractivity contribution in [2.75, 3.05) is 0 Å². The minimum Gasteiger partial charge on any atom is -0.439 e. The van der Waals surface area contributed by atoms with Crippen molar-refractivity contribution in [2.45, 2.75) is 19.7 Å². The lowest BCUT2D eigenvalue weighted by atomic mass is 10.2. The van der Waals surface area contributed by atoms with Gasteiger partial charge in [-0.15, -0.1) is 11.6 Å². The van der Waals surface area contributed by atoms with Crippen LogP contribution in [0, 0.1) is 13.8 Å². The molecule has 0 amide bonds. The quantitative estimate of drug-likeness (QED) is 0.758. The second-order valence-corrected chi connectivity index (χ2v) is 4.16. The fourth-order valence-corrected chi connectivity index (χ4v) is 1.83. The summed E-state index contributed by atoms with van der Waals surface area (Å²) < 4.78 is 5.74. The first kappa shape index (κ1) is 11.9. The Kier molecular flexibility index (Phi) is 3.64. The Bertz CT molecular complexity index is 525. The molecule has 1 heterocycles. The molecule has 0 fully saturated rings. The summed E-state index contributed by atoms with van der Waals surface area (Å²) in [6.45, 7) is 3.94. The lowest BCUT2D eigenvalue weighted by molar-refractivity contribution is 0.458. The van der Waals surface area contributed by atoms with E-state index >= 15 is 0 Å². The number of para-hydroxylation sites is 1. The van der Waals surface area contributed by atoms with Crippen molar-refractivity contribution in [3.05, 3.63) is 53.2 Å². The average Bonchev–Trinajstić information content (AvgIpc) is 2.32. The number of nitrogens with zero attached hydrogens (tertiary/aromatic N) is 1. The first-order valence-corrected chi connectivity index (χ1v) is 6.00. The van der Waals surface area contributed by atoms with Crippen molar-refractivity contribution in [2.24, 2.45) is 0 Å². The lowest BCUT2D eigenvalue weighted by Gasteiger charge is -2.09. The van der Waals surface area contributed by atoms with Gasteiger partial charge in [-0.1, -0.05) is 24.3 Å². The van der Waals surface area contributed by atoms with E-state index in [9.17, 15) is 0 Å². The highest BCUT2D eigenvalue weighted by atomic mass is 35.5. The fraction of sp³-hybridized carbons (Fsp3) is 0.214. The number of hydrogen-bond donors (Lipinski definition) is 0. The van der Waals surface area contributed by atoms with Crippen LogP contribution in [0.3, 0.4) is 0 Å². The second kappa shape index (κ2) is 5.19. The van der Waals surface area contributed by atoms with Crippen LogP contribution in [0.2, 0.25) is 0 Å². The Labute approximate surface area is 106 Å². The van der Waals surface area contributed by atoms with Gasteiger partial charge in [0.1, 0.15) is 5.75 Å². The number of pyridine rings is 1. The molecule has 0 saturated carbocycles. The van der Waals surface area contributed by atoms with Gasteiger partial charge >= 0.3 is 0 Å². The molecular formula is C14H14ClNO. The third-order valence-corrected chi connectivity index (χ3v) is 2.91. The molecule has 2 rings (SSSR count). The van der Waals surface area contributed by atoms with Crippen molar-refractivity contribution in [3.8, 4) is 11.6 Å². The van der Waals surface area contributed by atoms with E-state index in [1.54, 1.807) is 0 Å².